The fourth-order valence-corrected chi connectivity index (χ4v) is 6.04. The summed E-state index contributed by atoms with van der Waals surface area (Å²) in [5.41, 5.74) is -1.74. The van der Waals surface area contributed by atoms with Crippen molar-refractivity contribution >= 4 is 41.6 Å². The van der Waals surface area contributed by atoms with Gasteiger partial charge < -0.3 is 14.6 Å². The molecule has 2 fully saturated rings. The number of carbonyl (C=O) groups excluding carboxylic acids is 1. The zero-order valence-corrected chi connectivity index (χ0v) is 26.3. The third kappa shape index (κ3) is 9.51. The van der Waals surface area contributed by atoms with Crippen molar-refractivity contribution in [2.45, 2.75) is 44.1 Å². The van der Waals surface area contributed by atoms with Crippen LogP contribution in [0.15, 0.2) is 48.7 Å². The Hall–Kier alpha value is -2.51. The Morgan fingerprint density at radius 3 is 2.09 bits per heavy atom. The molecule has 1 aromatic heterocycles. The van der Waals surface area contributed by atoms with Gasteiger partial charge in [-0.05, 0) is 62.2 Å². The van der Waals surface area contributed by atoms with Crippen LogP contribution in [0.1, 0.15) is 46.3 Å². The second-order valence-corrected chi connectivity index (χ2v) is 11.3. The lowest BCUT2D eigenvalue weighted by Crippen LogP contribution is -2.56. The number of nitrogens with zero attached hydrogens (tertiary/aromatic N) is 3. The van der Waals surface area contributed by atoms with Crippen LogP contribution in [0.3, 0.4) is 0 Å². The lowest BCUT2D eigenvalue weighted by atomic mass is 9.98. The highest BCUT2D eigenvalue weighted by molar-refractivity contribution is 5.95. The average molecular weight is 684 g/mol. The maximum atomic E-state index is 13.7. The van der Waals surface area contributed by atoms with E-state index < -0.39 is 41.0 Å². The molecule has 2 aliphatic rings. The number of hydrogen-bond donors (Lipinski definition) is 1. The van der Waals surface area contributed by atoms with E-state index in [1.165, 1.54) is 4.90 Å². The molecule has 0 aliphatic carbocycles. The highest BCUT2D eigenvalue weighted by Gasteiger charge is 2.39. The molecule has 250 valence electrons. The number of benzene rings is 2. The first-order valence-electron chi connectivity index (χ1n) is 14.7. The quantitative estimate of drug-likeness (QED) is 0.197. The number of nitrogens with one attached hydrogen (secondary N) is 1. The minimum atomic E-state index is -5.03. The Kier molecular flexibility index (Phi) is 13.0. The van der Waals surface area contributed by atoms with Crippen molar-refractivity contribution in [2.75, 3.05) is 59.0 Å². The minimum Gasteiger partial charge on any atom is -0.379 e. The van der Waals surface area contributed by atoms with E-state index in [9.17, 15) is 31.1 Å². The Morgan fingerprint density at radius 1 is 0.822 bits per heavy atom. The molecule has 0 radical (unpaired) electrons. The number of halogens is 8. The van der Waals surface area contributed by atoms with Gasteiger partial charge in [0.25, 0.3) is 5.91 Å². The van der Waals surface area contributed by atoms with Gasteiger partial charge in [-0.1, -0.05) is 24.6 Å². The number of H-pyrrole nitrogens is 1. The number of amides is 1. The highest BCUT2D eigenvalue weighted by atomic mass is 35.5. The van der Waals surface area contributed by atoms with Crippen molar-refractivity contribution in [3.8, 4) is 0 Å². The molecule has 0 spiro atoms. The van der Waals surface area contributed by atoms with E-state index in [0.29, 0.717) is 31.6 Å². The second kappa shape index (κ2) is 15.9. The molecule has 2 aromatic carbocycles. The van der Waals surface area contributed by atoms with Crippen LogP contribution in [0.2, 0.25) is 0 Å². The Bertz CT molecular complexity index is 1360. The molecule has 14 heteroatoms. The number of unbranched alkanes of at least 4 members (excludes halogenated alkanes) is 2. The van der Waals surface area contributed by atoms with Gasteiger partial charge in [-0.3, -0.25) is 14.6 Å². The molecular formula is C31H38Cl2F6N4O2. The van der Waals surface area contributed by atoms with Crippen molar-refractivity contribution in [1.29, 1.82) is 0 Å². The highest BCUT2D eigenvalue weighted by Crippen LogP contribution is 2.37. The molecule has 0 saturated carbocycles. The average Bonchev–Trinajstić information content (AvgIpc) is 3.39. The van der Waals surface area contributed by atoms with E-state index >= 15 is 0 Å². The Morgan fingerprint density at radius 2 is 1.44 bits per heavy atom. The molecule has 45 heavy (non-hydrogen) atoms. The standard InChI is InChI=1S/C31H36F6N4O2.2ClH/c32-30(33,34)24-16-22(17-25(19-24)31(35,36)37)29(42)41-11-10-40(9-5-1-4-8-39-12-14-43-15-13-39)21-26(41)18-23-20-38-28-7-3-2-6-27(23)28;;/h2-3,6-7,16-17,19-20,26,38H,1,4-5,8-15,18,21H2;2*1H. The molecule has 2 saturated heterocycles. The van der Waals surface area contributed by atoms with Crippen LogP contribution < -0.4 is 0 Å². The number of hydrogen-bond acceptors (Lipinski definition) is 4. The van der Waals surface area contributed by atoms with Crippen LogP contribution in [0.5, 0.6) is 0 Å². The molecule has 3 aromatic rings. The van der Waals surface area contributed by atoms with Gasteiger partial charge in [-0.25, -0.2) is 0 Å². The molecular weight excluding hydrogens is 645 g/mol. The van der Waals surface area contributed by atoms with Crippen LogP contribution in [0.4, 0.5) is 26.3 Å². The largest absolute Gasteiger partial charge is 0.416 e. The van der Waals surface area contributed by atoms with Gasteiger partial charge in [0, 0.05) is 61.4 Å². The summed E-state index contributed by atoms with van der Waals surface area (Å²) < 4.78 is 86.6. The van der Waals surface area contributed by atoms with Gasteiger partial charge in [0.05, 0.1) is 24.3 Å². The van der Waals surface area contributed by atoms with E-state index in [2.05, 4.69) is 14.8 Å². The molecule has 1 amide bonds. The number of rotatable bonds is 9. The van der Waals surface area contributed by atoms with Gasteiger partial charge in [0.15, 0.2) is 0 Å². The predicted molar refractivity (Wildman–Crippen MR) is 165 cm³/mol. The van der Waals surface area contributed by atoms with Gasteiger partial charge >= 0.3 is 12.4 Å². The van der Waals surface area contributed by atoms with Crippen molar-refractivity contribution in [3.05, 3.63) is 70.9 Å². The van der Waals surface area contributed by atoms with Crippen molar-refractivity contribution in [1.82, 2.24) is 19.7 Å². The number of alkyl halides is 6. The van der Waals surface area contributed by atoms with Crippen molar-refractivity contribution in [3.63, 3.8) is 0 Å². The van der Waals surface area contributed by atoms with E-state index in [-0.39, 0.29) is 37.4 Å². The predicted octanol–water partition coefficient (Wildman–Crippen LogP) is 6.92. The van der Waals surface area contributed by atoms with Crippen LogP contribution in [0.25, 0.3) is 10.9 Å². The van der Waals surface area contributed by atoms with Gasteiger partial charge in [0.1, 0.15) is 0 Å². The summed E-state index contributed by atoms with van der Waals surface area (Å²) in [4.78, 5) is 23.0. The molecule has 3 heterocycles. The fourth-order valence-electron chi connectivity index (χ4n) is 6.04. The lowest BCUT2D eigenvalue weighted by molar-refractivity contribution is -0.143. The second-order valence-electron chi connectivity index (χ2n) is 11.3. The summed E-state index contributed by atoms with van der Waals surface area (Å²) in [6, 6.07) is 8.34. The van der Waals surface area contributed by atoms with Gasteiger partial charge in [0.2, 0.25) is 0 Å². The molecule has 1 N–H and O–H groups in total. The summed E-state index contributed by atoms with van der Waals surface area (Å²) in [6.07, 6.45) is -4.73. The summed E-state index contributed by atoms with van der Waals surface area (Å²) >= 11 is 0. The summed E-state index contributed by atoms with van der Waals surface area (Å²) in [7, 11) is 0. The van der Waals surface area contributed by atoms with Crippen LogP contribution >= 0.6 is 24.8 Å². The minimum absolute atomic E-state index is 0. The topological polar surface area (TPSA) is 51.8 Å². The first kappa shape index (κ1) is 37.0. The number of fused-ring (bicyclic) bond motifs is 1. The third-order valence-electron chi connectivity index (χ3n) is 8.35. The number of morpholine rings is 1. The van der Waals surface area contributed by atoms with Crippen molar-refractivity contribution < 1.29 is 35.9 Å². The monoisotopic (exact) mass is 682 g/mol. The zero-order chi connectivity index (χ0) is 30.6. The normalized spacial score (nSPS) is 18.4. The molecule has 6 nitrogen and oxygen atoms in total. The maximum absolute atomic E-state index is 13.7. The fraction of sp³-hybridized carbons (Fsp3) is 0.516. The number of para-hydroxylation sites is 1. The number of piperazine rings is 1. The molecule has 1 atom stereocenters. The Balaban J connectivity index is 0.00000276. The summed E-state index contributed by atoms with van der Waals surface area (Å²) in [5, 5.41) is 0.966. The smallest absolute Gasteiger partial charge is 0.379 e. The SMILES string of the molecule is Cl.Cl.O=C(c1cc(C(F)(F)F)cc(C(F)(F)F)c1)N1CCN(CCCCCN2CCOCC2)CC1Cc1c[nH]c2ccccc12. The van der Waals surface area contributed by atoms with E-state index in [0.717, 1.165) is 75.1 Å². The first-order chi connectivity index (χ1) is 20.5. The molecule has 1 unspecified atom stereocenters. The maximum Gasteiger partial charge on any atom is 0.416 e. The van der Waals surface area contributed by atoms with Crippen molar-refractivity contribution in [2.24, 2.45) is 0 Å². The Labute approximate surface area is 270 Å². The van der Waals surface area contributed by atoms with E-state index in [1.54, 1.807) is 0 Å². The third-order valence-corrected chi connectivity index (χ3v) is 8.35. The van der Waals surface area contributed by atoms with Crippen LogP contribution in [-0.4, -0.2) is 90.7 Å². The van der Waals surface area contributed by atoms with E-state index in [4.69, 9.17) is 4.74 Å². The number of aromatic nitrogens is 1. The number of ether oxygens (including phenoxy) is 1. The van der Waals surface area contributed by atoms with Gasteiger partial charge in [-0.2, -0.15) is 26.3 Å². The summed E-state index contributed by atoms with van der Waals surface area (Å²) in [6.45, 7) is 6.41. The number of carbonyl (C=O) groups is 1. The molecule has 0 bridgehead atoms. The molecule has 2 aliphatic heterocycles. The number of aromatic amines is 1. The summed E-state index contributed by atoms with van der Waals surface area (Å²) in [5.74, 6) is -0.827. The van der Waals surface area contributed by atoms with Crippen LogP contribution in [0, 0.1) is 0 Å². The molecule has 5 rings (SSSR count). The van der Waals surface area contributed by atoms with Gasteiger partial charge in [-0.15, -0.1) is 24.8 Å². The van der Waals surface area contributed by atoms with E-state index in [1.807, 2.05) is 30.5 Å². The zero-order valence-electron chi connectivity index (χ0n) is 24.6. The van der Waals surface area contributed by atoms with Crippen LogP contribution in [-0.2, 0) is 23.5 Å². The lowest BCUT2D eigenvalue weighted by Gasteiger charge is -2.42. The first-order valence-corrected chi connectivity index (χ1v) is 14.7.